The van der Waals surface area contributed by atoms with Gasteiger partial charge in [-0.1, -0.05) is 6.07 Å². The number of alkyl halides is 3. The van der Waals surface area contributed by atoms with Crippen molar-refractivity contribution in [1.82, 2.24) is 0 Å². The van der Waals surface area contributed by atoms with E-state index in [9.17, 15) is 22.8 Å². The molecule has 110 valence electrons. The molecule has 20 heavy (non-hydrogen) atoms. The van der Waals surface area contributed by atoms with Crippen LogP contribution in [0.1, 0.15) is 5.56 Å². The fraction of sp³-hybridized carbons (Fsp3) is 0.111. The van der Waals surface area contributed by atoms with Gasteiger partial charge in [-0.3, -0.25) is 0 Å². The zero-order valence-corrected chi connectivity index (χ0v) is 9.89. The highest BCUT2D eigenvalue weighted by atomic mass is 19.4. The highest BCUT2D eigenvalue weighted by Crippen LogP contribution is 2.41. The third kappa shape index (κ3) is 2.89. The van der Waals surface area contributed by atoms with Crippen molar-refractivity contribution in [3.05, 3.63) is 23.8 Å². The molecule has 1 aromatic carbocycles. The number of nitrogens with two attached hydrogens (primary N) is 4. The lowest BCUT2D eigenvalue weighted by Gasteiger charge is -2.24. The van der Waals surface area contributed by atoms with Crippen molar-refractivity contribution in [3.8, 4) is 0 Å². The van der Waals surface area contributed by atoms with E-state index in [0.717, 1.165) is 18.2 Å². The number of primary amides is 2. The molecule has 1 aromatic rings. The standard InChI is InChI=1S/C9H11F3N6O2/c10-9(11,12)6-4(17(15)7(13)19)2-1-3-5(6)18(16)8(14)20/h1-3H,15-16H2,(H2,13,19)(H2,14,20). The third-order valence-corrected chi connectivity index (χ3v) is 2.30. The average molecular weight is 292 g/mol. The number of urea groups is 2. The van der Waals surface area contributed by atoms with Gasteiger partial charge in [-0.05, 0) is 12.1 Å². The molecule has 0 aliphatic carbocycles. The molecule has 4 amide bonds. The third-order valence-electron chi connectivity index (χ3n) is 2.30. The molecule has 11 heteroatoms. The van der Waals surface area contributed by atoms with Crippen LogP contribution in [0.4, 0.5) is 34.1 Å². The predicted molar refractivity (Wildman–Crippen MR) is 63.9 cm³/mol. The zero-order valence-electron chi connectivity index (χ0n) is 9.89. The molecular formula is C9H11F3N6O2. The normalized spacial score (nSPS) is 11.1. The zero-order chi connectivity index (χ0) is 15.7. The quantitative estimate of drug-likeness (QED) is 0.351. The molecule has 0 fully saturated rings. The number of halogens is 3. The number of amides is 4. The molecule has 1 rings (SSSR count). The highest BCUT2D eigenvalue weighted by Gasteiger charge is 2.39. The van der Waals surface area contributed by atoms with Gasteiger partial charge in [-0.15, -0.1) is 0 Å². The Morgan fingerprint density at radius 3 is 1.55 bits per heavy atom. The molecule has 0 aromatic heterocycles. The molecule has 0 atom stereocenters. The Morgan fingerprint density at radius 1 is 0.950 bits per heavy atom. The molecule has 0 radical (unpaired) electrons. The van der Waals surface area contributed by atoms with Gasteiger partial charge in [0.1, 0.15) is 5.56 Å². The number of hydrazine groups is 2. The Balaban J connectivity index is 3.59. The number of rotatable bonds is 2. The molecule has 8 N–H and O–H groups in total. The first-order valence-corrected chi connectivity index (χ1v) is 4.96. The predicted octanol–water partition coefficient (Wildman–Crippen LogP) is 0.223. The van der Waals surface area contributed by atoms with Crippen LogP contribution in [0.2, 0.25) is 0 Å². The van der Waals surface area contributed by atoms with E-state index in [1.165, 1.54) is 0 Å². The van der Waals surface area contributed by atoms with Crippen molar-refractivity contribution in [2.24, 2.45) is 23.2 Å². The lowest BCUT2D eigenvalue weighted by molar-refractivity contribution is -0.136. The summed E-state index contributed by atoms with van der Waals surface area (Å²) < 4.78 is 39.3. The minimum absolute atomic E-state index is 0.0845. The number of hydrogen-bond acceptors (Lipinski definition) is 4. The van der Waals surface area contributed by atoms with Crippen LogP contribution in [0.5, 0.6) is 0 Å². The van der Waals surface area contributed by atoms with Crippen LogP contribution in [-0.2, 0) is 6.18 Å². The van der Waals surface area contributed by atoms with Crippen LogP contribution in [0.15, 0.2) is 18.2 Å². The summed E-state index contributed by atoms with van der Waals surface area (Å²) in [6.45, 7) is 0. The summed E-state index contributed by atoms with van der Waals surface area (Å²) in [4.78, 5) is 21.8. The van der Waals surface area contributed by atoms with Gasteiger partial charge >= 0.3 is 18.2 Å². The van der Waals surface area contributed by atoms with Crippen LogP contribution in [-0.4, -0.2) is 12.1 Å². The summed E-state index contributed by atoms with van der Waals surface area (Å²) in [6.07, 6.45) is -4.95. The van der Waals surface area contributed by atoms with Crippen molar-refractivity contribution in [2.75, 3.05) is 10.0 Å². The van der Waals surface area contributed by atoms with E-state index in [-0.39, 0.29) is 10.0 Å². The van der Waals surface area contributed by atoms with Crippen molar-refractivity contribution >= 4 is 23.4 Å². The van der Waals surface area contributed by atoms with Crippen LogP contribution in [0.3, 0.4) is 0 Å². The molecule has 0 bridgehead atoms. The van der Waals surface area contributed by atoms with Crippen molar-refractivity contribution < 1.29 is 22.8 Å². The summed E-state index contributed by atoms with van der Waals surface area (Å²) in [7, 11) is 0. The molecule has 0 saturated heterocycles. The van der Waals surface area contributed by atoms with Gasteiger partial charge in [0.2, 0.25) is 0 Å². The van der Waals surface area contributed by atoms with E-state index in [1.807, 2.05) is 0 Å². The fourth-order valence-corrected chi connectivity index (χ4v) is 1.46. The largest absolute Gasteiger partial charge is 0.420 e. The summed E-state index contributed by atoms with van der Waals surface area (Å²) in [5, 5.41) is 0.169. The van der Waals surface area contributed by atoms with E-state index in [4.69, 9.17) is 23.2 Å². The summed E-state index contributed by atoms with van der Waals surface area (Å²) in [6, 6.07) is 0.245. The average Bonchev–Trinajstić information content (AvgIpc) is 2.34. The van der Waals surface area contributed by atoms with Crippen molar-refractivity contribution in [3.63, 3.8) is 0 Å². The van der Waals surface area contributed by atoms with Crippen LogP contribution < -0.4 is 33.2 Å². The van der Waals surface area contributed by atoms with Gasteiger partial charge in [0.05, 0.1) is 11.4 Å². The van der Waals surface area contributed by atoms with Crippen LogP contribution in [0.25, 0.3) is 0 Å². The summed E-state index contributed by atoms with van der Waals surface area (Å²) in [5.41, 5.74) is 6.71. The Morgan fingerprint density at radius 2 is 1.30 bits per heavy atom. The van der Waals surface area contributed by atoms with E-state index in [1.54, 1.807) is 0 Å². The second kappa shape index (κ2) is 5.22. The first-order valence-electron chi connectivity index (χ1n) is 4.96. The number of carbonyl (C=O) groups excluding carboxylic acids is 2. The smallest absolute Gasteiger partial charge is 0.350 e. The maximum absolute atomic E-state index is 13.1. The van der Waals surface area contributed by atoms with Gasteiger partial charge in [0, 0.05) is 0 Å². The van der Waals surface area contributed by atoms with Gasteiger partial charge in [0.25, 0.3) is 0 Å². The molecule has 0 saturated carbocycles. The molecular weight excluding hydrogens is 281 g/mol. The second-order valence-corrected chi connectivity index (χ2v) is 3.59. The lowest BCUT2D eigenvalue weighted by Crippen LogP contribution is -2.45. The number of benzene rings is 1. The minimum Gasteiger partial charge on any atom is -0.350 e. The van der Waals surface area contributed by atoms with Crippen LogP contribution in [0, 0.1) is 0 Å². The summed E-state index contributed by atoms with van der Waals surface area (Å²) in [5.74, 6) is 10.3. The topological polar surface area (TPSA) is 145 Å². The van der Waals surface area contributed by atoms with Gasteiger partial charge in [-0.25, -0.2) is 31.3 Å². The molecule has 0 spiro atoms. The maximum atomic E-state index is 13.1. The molecule has 0 unspecified atom stereocenters. The van der Waals surface area contributed by atoms with Gasteiger partial charge < -0.3 is 11.5 Å². The monoisotopic (exact) mass is 292 g/mol. The van der Waals surface area contributed by atoms with Crippen LogP contribution >= 0.6 is 0 Å². The molecule has 8 nitrogen and oxygen atoms in total. The highest BCUT2D eigenvalue weighted by molar-refractivity contribution is 5.95. The second-order valence-electron chi connectivity index (χ2n) is 3.59. The Kier molecular flexibility index (Phi) is 4.06. The number of hydrogen-bond donors (Lipinski definition) is 4. The van der Waals surface area contributed by atoms with E-state index in [0.29, 0.717) is 0 Å². The number of anilines is 2. The van der Waals surface area contributed by atoms with Crippen molar-refractivity contribution in [1.29, 1.82) is 0 Å². The number of carbonyl (C=O) groups is 2. The fourth-order valence-electron chi connectivity index (χ4n) is 1.46. The first kappa shape index (κ1) is 15.5. The maximum Gasteiger partial charge on any atom is 0.420 e. The minimum atomic E-state index is -4.95. The first-order chi connectivity index (χ1) is 9.07. The molecule has 0 aliphatic heterocycles. The van der Waals surface area contributed by atoms with E-state index >= 15 is 0 Å². The van der Waals surface area contributed by atoms with E-state index < -0.39 is 35.2 Å². The molecule has 0 aliphatic rings. The summed E-state index contributed by atoms with van der Waals surface area (Å²) >= 11 is 0. The van der Waals surface area contributed by atoms with Gasteiger partial charge in [0.15, 0.2) is 0 Å². The lowest BCUT2D eigenvalue weighted by atomic mass is 10.1. The number of nitrogens with zero attached hydrogens (tertiary/aromatic N) is 2. The SMILES string of the molecule is NC(=O)N(N)c1cccc(N(N)C(N)=O)c1C(F)(F)F. The Bertz CT molecular complexity index is 509. The Labute approximate surface area is 110 Å². The van der Waals surface area contributed by atoms with E-state index in [2.05, 4.69) is 0 Å². The van der Waals surface area contributed by atoms with Crippen molar-refractivity contribution in [2.45, 2.75) is 6.18 Å². The molecule has 0 heterocycles. The van der Waals surface area contributed by atoms with Gasteiger partial charge in [-0.2, -0.15) is 13.2 Å². The Hall–Kier alpha value is -2.53.